The van der Waals surface area contributed by atoms with E-state index in [4.69, 9.17) is 5.11 Å². The number of ether oxygens (including phenoxy) is 1. The van der Waals surface area contributed by atoms with Gasteiger partial charge in [0.2, 0.25) is 0 Å². The molecule has 2 N–H and O–H groups in total. The average Bonchev–Trinajstić information content (AvgIpc) is 2.43. The van der Waals surface area contributed by atoms with Gasteiger partial charge in [-0.05, 0) is 30.5 Å². The molecular weight excluding hydrogens is 310 g/mol. The van der Waals surface area contributed by atoms with E-state index >= 15 is 0 Å². The molecule has 0 aromatic heterocycles. The number of carbonyl (C=O) groups excluding carboxylic acids is 1. The van der Waals surface area contributed by atoms with E-state index < -0.39 is 0 Å². The topological polar surface area (TPSA) is 58.6 Å². The van der Waals surface area contributed by atoms with Gasteiger partial charge in [-0.3, -0.25) is 0 Å². The molecule has 0 aliphatic carbocycles. The van der Waals surface area contributed by atoms with Gasteiger partial charge in [0.1, 0.15) is 0 Å². The highest BCUT2D eigenvalue weighted by atomic mass is 79.9. The minimum atomic E-state index is -0.345. The fourth-order valence-electron chi connectivity index (χ4n) is 1.57. The van der Waals surface area contributed by atoms with Crippen LogP contribution in [-0.2, 0) is 11.3 Å². The summed E-state index contributed by atoms with van der Waals surface area (Å²) in [4.78, 5) is 11.4. The summed E-state index contributed by atoms with van der Waals surface area (Å²) in [7, 11) is 1.36. The maximum atomic E-state index is 11.4. The molecule has 5 heteroatoms. The van der Waals surface area contributed by atoms with E-state index in [1.165, 1.54) is 7.11 Å². The van der Waals surface area contributed by atoms with Crippen LogP contribution < -0.4 is 5.32 Å². The third-order valence-corrected chi connectivity index (χ3v) is 3.97. The second-order valence-corrected chi connectivity index (χ2v) is 5.48. The van der Waals surface area contributed by atoms with E-state index in [2.05, 4.69) is 26.0 Å². The molecule has 0 saturated carbocycles. The zero-order valence-corrected chi connectivity index (χ0v) is 13.0. The molecule has 0 aliphatic heterocycles. The number of aliphatic hydroxyl groups excluding tert-OH is 1. The molecule has 0 radical (unpaired) electrons. The van der Waals surface area contributed by atoms with Crippen LogP contribution in [0.4, 0.5) is 0 Å². The third kappa shape index (κ3) is 4.60. The summed E-state index contributed by atoms with van der Waals surface area (Å²) in [5, 5.41) is 12.4. The molecule has 1 aromatic carbocycles. The Morgan fingerprint density at radius 3 is 2.68 bits per heavy atom. The molecule has 2 atom stereocenters. The van der Waals surface area contributed by atoms with Gasteiger partial charge in [0.25, 0.3) is 0 Å². The zero-order valence-electron chi connectivity index (χ0n) is 11.4. The number of aliphatic hydroxyl groups is 1. The van der Waals surface area contributed by atoms with Crippen LogP contribution in [0.15, 0.2) is 22.7 Å². The van der Waals surface area contributed by atoms with Crippen molar-refractivity contribution < 1.29 is 14.6 Å². The number of nitrogens with one attached hydrogen (secondary N) is 1. The Hall–Kier alpha value is -0.910. The Bertz CT molecular complexity index is 437. The van der Waals surface area contributed by atoms with Crippen LogP contribution in [0, 0.1) is 5.92 Å². The Morgan fingerprint density at radius 2 is 2.16 bits per heavy atom. The SMILES string of the molecule is COC(=O)c1ccc(CNC(C)C(C)CO)c(Br)c1. The van der Waals surface area contributed by atoms with Gasteiger partial charge in [-0.25, -0.2) is 4.79 Å². The first-order chi connectivity index (χ1) is 8.99. The van der Waals surface area contributed by atoms with Crippen molar-refractivity contribution in [2.24, 2.45) is 5.92 Å². The third-order valence-electron chi connectivity index (χ3n) is 3.23. The van der Waals surface area contributed by atoms with Gasteiger partial charge in [-0.2, -0.15) is 0 Å². The smallest absolute Gasteiger partial charge is 0.337 e. The number of hydrogen-bond acceptors (Lipinski definition) is 4. The van der Waals surface area contributed by atoms with Crippen molar-refractivity contribution in [3.63, 3.8) is 0 Å². The lowest BCUT2D eigenvalue weighted by molar-refractivity contribution is 0.0600. The van der Waals surface area contributed by atoms with Crippen LogP contribution in [0.5, 0.6) is 0 Å². The van der Waals surface area contributed by atoms with Gasteiger partial charge in [0, 0.05) is 23.7 Å². The molecule has 106 valence electrons. The van der Waals surface area contributed by atoms with Crippen LogP contribution in [0.2, 0.25) is 0 Å². The van der Waals surface area contributed by atoms with Crippen LogP contribution in [0.1, 0.15) is 29.8 Å². The fraction of sp³-hybridized carbons (Fsp3) is 0.500. The Labute approximate surface area is 122 Å². The lowest BCUT2D eigenvalue weighted by Gasteiger charge is -2.19. The monoisotopic (exact) mass is 329 g/mol. The van der Waals surface area contributed by atoms with Crippen molar-refractivity contribution in [1.29, 1.82) is 0 Å². The van der Waals surface area contributed by atoms with Gasteiger partial charge in [-0.1, -0.05) is 28.9 Å². The van der Waals surface area contributed by atoms with Crippen molar-refractivity contribution in [1.82, 2.24) is 5.32 Å². The largest absolute Gasteiger partial charge is 0.465 e. The van der Waals surface area contributed by atoms with Crippen molar-refractivity contribution in [2.45, 2.75) is 26.4 Å². The second kappa shape index (κ2) is 7.62. The summed E-state index contributed by atoms with van der Waals surface area (Å²) in [5.41, 5.74) is 1.58. The number of hydrogen-bond donors (Lipinski definition) is 2. The lowest BCUT2D eigenvalue weighted by atomic mass is 10.0. The summed E-state index contributed by atoms with van der Waals surface area (Å²) in [6, 6.07) is 5.60. The fourth-order valence-corrected chi connectivity index (χ4v) is 2.08. The standard InChI is InChI=1S/C14H20BrNO3/c1-9(8-17)10(2)16-7-12-5-4-11(6-13(12)15)14(18)19-3/h4-6,9-10,16-17H,7-8H2,1-3H3. The molecule has 1 aromatic rings. The first kappa shape index (κ1) is 16.1. The van der Waals surface area contributed by atoms with E-state index in [1.54, 1.807) is 12.1 Å². The van der Waals surface area contributed by atoms with Gasteiger partial charge in [0.15, 0.2) is 0 Å². The van der Waals surface area contributed by atoms with Crippen LogP contribution in [-0.4, -0.2) is 30.8 Å². The maximum absolute atomic E-state index is 11.4. The number of esters is 1. The average molecular weight is 330 g/mol. The predicted octanol–water partition coefficient (Wildman–Crippen LogP) is 2.34. The molecule has 1 rings (SSSR count). The summed E-state index contributed by atoms with van der Waals surface area (Å²) in [6.07, 6.45) is 0. The first-order valence-corrected chi connectivity index (χ1v) is 6.99. The quantitative estimate of drug-likeness (QED) is 0.786. The molecule has 0 heterocycles. The molecule has 0 saturated heterocycles. The van der Waals surface area contributed by atoms with Gasteiger partial charge >= 0.3 is 5.97 Å². The predicted molar refractivity (Wildman–Crippen MR) is 78.0 cm³/mol. The minimum Gasteiger partial charge on any atom is -0.465 e. The first-order valence-electron chi connectivity index (χ1n) is 6.20. The van der Waals surface area contributed by atoms with E-state index in [0.717, 1.165) is 10.0 Å². The van der Waals surface area contributed by atoms with Crippen molar-refractivity contribution in [3.05, 3.63) is 33.8 Å². The normalized spacial score (nSPS) is 13.9. The second-order valence-electron chi connectivity index (χ2n) is 4.63. The van der Waals surface area contributed by atoms with Gasteiger partial charge < -0.3 is 15.2 Å². The van der Waals surface area contributed by atoms with E-state index in [-0.39, 0.29) is 24.5 Å². The summed E-state index contributed by atoms with van der Waals surface area (Å²) >= 11 is 3.45. The van der Waals surface area contributed by atoms with E-state index in [9.17, 15) is 4.79 Å². The molecule has 19 heavy (non-hydrogen) atoms. The van der Waals surface area contributed by atoms with E-state index in [0.29, 0.717) is 12.1 Å². The molecule has 4 nitrogen and oxygen atoms in total. The van der Waals surface area contributed by atoms with Crippen LogP contribution in [0.25, 0.3) is 0 Å². The Morgan fingerprint density at radius 1 is 1.47 bits per heavy atom. The van der Waals surface area contributed by atoms with Crippen LogP contribution >= 0.6 is 15.9 Å². The maximum Gasteiger partial charge on any atom is 0.337 e. The van der Waals surface area contributed by atoms with Gasteiger partial charge in [0.05, 0.1) is 12.7 Å². The van der Waals surface area contributed by atoms with Crippen molar-refractivity contribution >= 4 is 21.9 Å². The molecule has 0 aliphatic rings. The summed E-state index contributed by atoms with van der Waals surface area (Å²) in [6.45, 7) is 4.87. The molecular formula is C14H20BrNO3. The Kier molecular flexibility index (Phi) is 6.48. The summed E-state index contributed by atoms with van der Waals surface area (Å²) in [5.74, 6) is -0.143. The zero-order chi connectivity index (χ0) is 14.4. The molecule has 0 amide bonds. The number of halogens is 1. The number of carbonyl (C=O) groups is 1. The van der Waals surface area contributed by atoms with Crippen molar-refractivity contribution in [3.8, 4) is 0 Å². The summed E-state index contributed by atoms with van der Waals surface area (Å²) < 4.78 is 5.54. The number of rotatable bonds is 6. The number of benzene rings is 1. The van der Waals surface area contributed by atoms with Gasteiger partial charge in [-0.15, -0.1) is 0 Å². The molecule has 0 spiro atoms. The molecule has 2 unspecified atom stereocenters. The minimum absolute atomic E-state index is 0.163. The molecule has 0 fully saturated rings. The number of methoxy groups -OCH3 is 1. The lowest BCUT2D eigenvalue weighted by Crippen LogP contribution is -2.33. The van der Waals surface area contributed by atoms with Crippen LogP contribution in [0.3, 0.4) is 0 Å². The molecule has 0 bridgehead atoms. The van der Waals surface area contributed by atoms with E-state index in [1.807, 2.05) is 19.9 Å². The Balaban J connectivity index is 2.68. The highest BCUT2D eigenvalue weighted by Crippen LogP contribution is 2.19. The van der Waals surface area contributed by atoms with Crippen molar-refractivity contribution in [2.75, 3.05) is 13.7 Å². The highest BCUT2D eigenvalue weighted by Gasteiger charge is 2.12. The highest BCUT2D eigenvalue weighted by molar-refractivity contribution is 9.10.